The summed E-state index contributed by atoms with van der Waals surface area (Å²) in [5.41, 5.74) is 2.64. The first kappa shape index (κ1) is 17.5. The molecule has 1 aliphatic heterocycles. The van der Waals surface area contributed by atoms with E-state index in [4.69, 9.17) is 4.84 Å². The standard InChI is InChI=1S/C18H33N3O/c1-3-4-8-17-9-5-6-10-18(17)19-22-16-7-11-21-14-12-20(2)13-15-21/h8H,3-7,9-16H2,1-2H3/b17-8-,19-18+. The van der Waals surface area contributed by atoms with E-state index in [1.54, 1.807) is 0 Å². The maximum absolute atomic E-state index is 5.61. The highest BCUT2D eigenvalue weighted by molar-refractivity contribution is 6.00. The summed E-state index contributed by atoms with van der Waals surface area (Å²) < 4.78 is 0. The summed E-state index contributed by atoms with van der Waals surface area (Å²) in [5.74, 6) is 0. The second-order valence-electron chi connectivity index (χ2n) is 6.59. The fourth-order valence-electron chi connectivity index (χ4n) is 3.10. The zero-order chi connectivity index (χ0) is 15.6. The Hall–Kier alpha value is -0.870. The predicted octanol–water partition coefficient (Wildman–Crippen LogP) is 3.30. The number of hydrogen-bond acceptors (Lipinski definition) is 4. The Bertz CT molecular complexity index is 371. The molecule has 1 heterocycles. The Morgan fingerprint density at radius 1 is 1.14 bits per heavy atom. The smallest absolute Gasteiger partial charge is 0.118 e. The molecular formula is C18H33N3O. The summed E-state index contributed by atoms with van der Waals surface area (Å²) in [6, 6.07) is 0. The SMILES string of the molecule is CCC/C=C1/CCCC/C1=N\OCCCN1CCN(C)CC1. The molecule has 0 N–H and O–H groups in total. The van der Waals surface area contributed by atoms with Crippen molar-refractivity contribution in [3.05, 3.63) is 11.6 Å². The van der Waals surface area contributed by atoms with Crippen LogP contribution in [0.2, 0.25) is 0 Å². The van der Waals surface area contributed by atoms with Gasteiger partial charge in [0.15, 0.2) is 0 Å². The molecule has 0 unspecified atom stereocenters. The van der Waals surface area contributed by atoms with Crippen LogP contribution in [0.25, 0.3) is 0 Å². The van der Waals surface area contributed by atoms with Crippen LogP contribution in [-0.4, -0.2) is 61.9 Å². The highest BCUT2D eigenvalue weighted by Crippen LogP contribution is 2.22. The van der Waals surface area contributed by atoms with Crippen molar-refractivity contribution in [1.82, 2.24) is 9.80 Å². The van der Waals surface area contributed by atoms with Crippen LogP contribution in [-0.2, 0) is 4.84 Å². The van der Waals surface area contributed by atoms with Gasteiger partial charge in [-0.05, 0) is 51.1 Å². The molecule has 0 spiro atoms. The number of rotatable bonds is 7. The Labute approximate surface area is 136 Å². The van der Waals surface area contributed by atoms with Crippen LogP contribution in [0, 0.1) is 0 Å². The van der Waals surface area contributed by atoms with Crippen molar-refractivity contribution in [2.75, 3.05) is 46.4 Å². The molecule has 0 amide bonds. The summed E-state index contributed by atoms with van der Waals surface area (Å²) >= 11 is 0. The molecule has 0 atom stereocenters. The highest BCUT2D eigenvalue weighted by atomic mass is 16.6. The van der Waals surface area contributed by atoms with Gasteiger partial charge in [-0.3, -0.25) is 0 Å². The normalized spacial score (nSPS) is 25.0. The van der Waals surface area contributed by atoms with Gasteiger partial charge in [-0.1, -0.05) is 24.6 Å². The van der Waals surface area contributed by atoms with E-state index in [1.807, 2.05) is 0 Å². The molecule has 2 fully saturated rings. The van der Waals surface area contributed by atoms with Gasteiger partial charge in [0.1, 0.15) is 6.61 Å². The molecule has 1 saturated carbocycles. The zero-order valence-electron chi connectivity index (χ0n) is 14.5. The van der Waals surface area contributed by atoms with Gasteiger partial charge in [0, 0.05) is 32.7 Å². The van der Waals surface area contributed by atoms with E-state index in [2.05, 4.69) is 35.0 Å². The lowest BCUT2D eigenvalue weighted by atomic mass is 9.92. The Balaban J connectivity index is 1.65. The van der Waals surface area contributed by atoms with Crippen molar-refractivity contribution in [3.63, 3.8) is 0 Å². The van der Waals surface area contributed by atoms with E-state index in [-0.39, 0.29) is 0 Å². The first-order valence-electron chi connectivity index (χ1n) is 9.08. The third kappa shape index (κ3) is 6.09. The molecule has 2 aliphatic rings. The first-order valence-corrected chi connectivity index (χ1v) is 9.08. The molecule has 0 radical (unpaired) electrons. The molecule has 2 rings (SSSR count). The van der Waals surface area contributed by atoms with E-state index in [0.29, 0.717) is 0 Å². The number of likely N-dealkylation sites (N-methyl/N-ethyl adjacent to an activating group) is 1. The molecular weight excluding hydrogens is 274 g/mol. The van der Waals surface area contributed by atoms with E-state index < -0.39 is 0 Å². The monoisotopic (exact) mass is 307 g/mol. The van der Waals surface area contributed by atoms with Crippen molar-refractivity contribution in [2.45, 2.75) is 51.9 Å². The molecule has 1 aliphatic carbocycles. The lowest BCUT2D eigenvalue weighted by Crippen LogP contribution is -2.44. The van der Waals surface area contributed by atoms with Gasteiger partial charge < -0.3 is 14.6 Å². The Kier molecular flexibility index (Phi) is 7.95. The molecule has 0 bridgehead atoms. The summed E-state index contributed by atoms with van der Waals surface area (Å²) in [4.78, 5) is 10.5. The number of nitrogens with zero attached hydrogens (tertiary/aromatic N) is 3. The predicted molar refractivity (Wildman–Crippen MR) is 93.4 cm³/mol. The Morgan fingerprint density at radius 3 is 2.68 bits per heavy atom. The minimum absolute atomic E-state index is 0.747. The fraction of sp³-hybridized carbons (Fsp3) is 0.833. The minimum atomic E-state index is 0.747. The van der Waals surface area contributed by atoms with Crippen LogP contribution < -0.4 is 0 Å². The van der Waals surface area contributed by atoms with Gasteiger partial charge in [0.05, 0.1) is 5.71 Å². The van der Waals surface area contributed by atoms with Crippen LogP contribution in [0.5, 0.6) is 0 Å². The van der Waals surface area contributed by atoms with Crippen molar-refractivity contribution in [3.8, 4) is 0 Å². The number of oxime groups is 1. The molecule has 1 saturated heterocycles. The fourth-order valence-corrected chi connectivity index (χ4v) is 3.10. The molecule has 0 aromatic heterocycles. The summed E-state index contributed by atoms with van der Waals surface area (Å²) in [7, 11) is 2.20. The zero-order valence-corrected chi connectivity index (χ0v) is 14.5. The number of hydrogen-bond donors (Lipinski definition) is 0. The van der Waals surface area contributed by atoms with E-state index in [0.717, 1.165) is 32.4 Å². The van der Waals surface area contributed by atoms with Crippen LogP contribution in [0.4, 0.5) is 0 Å². The van der Waals surface area contributed by atoms with Crippen LogP contribution in [0.1, 0.15) is 51.9 Å². The quantitative estimate of drug-likeness (QED) is 0.533. The highest BCUT2D eigenvalue weighted by Gasteiger charge is 2.14. The summed E-state index contributed by atoms with van der Waals surface area (Å²) in [5, 5.41) is 4.43. The molecule has 0 aromatic carbocycles. The lowest BCUT2D eigenvalue weighted by Gasteiger charge is -2.32. The van der Waals surface area contributed by atoms with Crippen LogP contribution in [0.15, 0.2) is 16.8 Å². The first-order chi connectivity index (χ1) is 10.8. The van der Waals surface area contributed by atoms with E-state index in [9.17, 15) is 0 Å². The number of unbranched alkanes of at least 4 members (excludes halogenated alkanes) is 1. The maximum atomic E-state index is 5.61. The van der Waals surface area contributed by atoms with Crippen molar-refractivity contribution >= 4 is 5.71 Å². The third-order valence-electron chi connectivity index (χ3n) is 4.64. The van der Waals surface area contributed by atoms with Crippen LogP contribution in [0.3, 0.4) is 0 Å². The largest absolute Gasteiger partial charge is 0.396 e. The summed E-state index contributed by atoms with van der Waals surface area (Å²) in [6.07, 6.45) is 10.7. The minimum Gasteiger partial charge on any atom is -0.396 e. The van der Waals surface area contributed by atoms with Gasteiger partial charge in [0.25, 0.3) is 0 Å². The third-order valence-corrected chi connectivity index (χ3v) is 4.64. The Morgan fingerprint density at radius 2 is 1.91 bits per heavy atom. The van der Waals surface area contributed by atoms with Crippen molar-refractivity contribution in [1.29, 1.82) is 0 Å². The second kappa shape index (κ2) is 10.0. The number of piperazine rings is 1. The van der Waals surface area contributed by atoms with Crippen LogP contribution >= 0.6 is 0 Å². The molecule has 0 aromatic rings. The average molecular weight is 307 g/mol. The summed E-state index contributed by atoms with van der Waals surface area (Å²) in [6.45, 7) is 8.87. The molecule has 126 valence electrons. The second-order valence-corrected chi connectivity index (χ2v) is 6.59. The van der Waals surface area contributed by atoms with Gasteiger partial charge in [0.2, 0.25) is 0 Å². The van der Waals surface area contributed by atoms with E-state index in [1.165, 1.54) is 63.1 Å². The van der Waals surface area contributed by atoms with Gasteiger partial charge in [-0.25, -0.2) is 0 Å². The molecule has 22 heavy (non-hydrogen) atoms. The maximum Gasteiger partial charge on any atom is 0.118 e. The number of allylic oxidation sites excluding steroid dienone is 2. The van der Waals surface area contributed by atoms with Crippen molar-refractivity contribution < 1.29 is 4.84 Å². The lowest BCUT2D eigenvalue weighted by molar-refractivity contribution is 0.110. The topological polar surface area (TPSA) is 28.1 Å². The molecule has 4 heteroatoms. The molecule has 4 nitrogen and oxygen atoms in total. The van der Waals surface area contributed by atoms with Gasteiger partial charge in [-0.15, -0.1) is 0 Å². The van der Waals surface area contributed by atoms with Crippen molar-refractivity contribution in [2.24, 2.45) is 5.16 Å². The average Bonchev–Trinajstić information content (AvgIpc) is 2.55. The van der Waals surface area contributed by atoms with Gasteiger partial charge >= 0.3 is 0 Å². The van der Waals surface area contributed by atoms with Gasteiger partial charge in [-0.2, -0.15) is 0 Å². The van der Waals surface area contributed by atoms with E-state index >= 15 is 0 Å².